The standard InChI is InChI=1S/C13H17N3O3.ClH/c1-9-4-3-5-11(12(9)16(18)19)13(17)15-7-6-10(8-15)14-2;/h3-5,10,14H,6-8H2,1-2H3;1H. The molecule has 0 saturated carbocycles. The van der Waals surface area contributed by atoms with Gasteiger partial charge < -0.3 is 10.2 Å². The van der Waals surface area contributed by atoms with E-state index in [9.17, 15) is 14.9 Å². The lowest BCUT2D eigenvalue weighted by Crippen LogP contribution is -2.33. The molecule has 7 heteroatoms. The highest BCUT2D eigenvalue weighted by molar-refractivity contribution is 5.98. The van der Waals surface area contributed by atoms with Gasteiger partial charge >= 0.3 is 0 Å². The van der Waals surface area contributed by atoms with E-state index >= 15 is 0 Å². The number of nitrogens with zero attached hydrogens (tertiary/aromatic N) is 2. The third-order valence-corrected chi connectivity index (χ3v) is 3.53. The van der Waals surface area contributed by atoms with Gasteiger partial charge in [-0.25, -0.2) is 0 Å². The molecule has 1 heterocycles. The van der Waals surface area contributed by atoms with Crippen molar-refractivity contribution in [2.75, 3.05) is 20.1 Å². The van der Waals surface area contributed by atoms with Crippen molar-refractivity contribution in [3.05, 3.63) is 39.4 Å². The third kappa shape index (κ3) is 3.08. The van der Waals surface area contributed by atoms with Gasteiger partial charge in [0.2, 0.25) is 0 Å². The Labute approximate surface area is 123 Å². The number of carbonyl (C=O) groups is 1. The topological polar surface area (TPSA) is 75.5 Å². The molecule has 0 bridgehead atoms. The minimum atomic E-state index is -0.478. The summed E-state index contributed by atoms with van der Waals surface area (Å²) in [6, 6.07) is 5.13. The second-order valence-corrected chi connectivity index (χ2v) is 4.75. The van der Waals surface area contributed by atoms with Crippen molar-refractivity contribution in [2.45, 2.75) is 19.4 Å². The summed E-state index contributed by atoms with van der Waals surface area (Å²) >= 11 is 0. The number of para-hydroxylation sites is 1. The van der Waals surface area contributed by atoms with Gasteiger partial charge in [-0.3, -0.25) is 14.9 Å². The fraction of sp³-hybridized carbons (Fsp3) is 0.462. The van der Waals surface area contributed by atoms with Crippen molar-refractivity contribution in [2.24, 2.45) is 0 Å². The summed E-state index contributed by atoms with van der Waals surface area (Å²) in [6.07, 6.45) is 0.877. The Morgan fingerprint density at radius 2 is 2.20 bits per heavy atom. The van der Waals surface area contributed by atoms with Crippen LogP contribution in [0.5, 0.6) is 0 Å². The Balaban J connectivity index is 0.00000200. The molecule has 0 spiro atoms. The van der Waals surface area contributed by atoms with E-state index in [0.29, 0.717) is 18.7 Å². The number of hydrogen-bond acceptors (Lipinski definition) is 4. The van der Waals surface area contributed by atoms with E-state index in [2.05, 4.69) is 5.32 Å². The molecule has 1 amide bonds. The number of nitro benzene ring substituents is 1. The van der Waals surface area contributed by atoms with Crippen molar-refractivity contribution in [1.82, 2.24) is 10.2 Å². The van der Waals surface area contributed by atoms with Crippen LogP contribution >= 0.6 is 12.4 Å². The molecule has 1 fully saturated rings. The monoisotopic (exact) mass is 299 g/mol. The first-order valence-electron chi connectivity index (χ1n) is 6.25. The average Bonchev–Trinajstić information content (AvgIpc) is 2.85. The van der Waals surface area contributed by atoms with Crippen molar-refractivity contribution < 1.29 is 9.72 Å². The predicted molar refractivity (Wildman–Crippen MR) is 78.4 cm³/mol. The summed E-state index contributed by atoms with van der Waals surface area (Å²) in [5, 5.41) is 14.2. The second kappa shape index (κ2) is 6.67. The van der Waals surface area contributed by atoms with Crippen LogP contribution in [0.15, 0.2) is 18.2 Å². The van der Waals surface area contributed by atoms with Gasteiger partial charge in [0, 0.05) is 24.7 Å². The van der Waals surface area contributed by atoms with Gasteiger partial charge in [0.05, 0.1) is 4.92 Å². The molecule has 1 N–H and O–H groups in total. The Bertz CT molecular complexity index is 522. The Hall–Kier alpha value is -1.66. The van der Waals surface area contributed by atoms with Crippen LogP contribution in [-0.2, 0) is 0 Å². The van der Waals surface area contributed by atoms with Crippen LogP contribution in [0.1, 0.15) is 22.3 Å². The van der Waals surface area contributed by atoms with E-state index in [-0.39, 0.29) is 35.6 Å². The maximum Gasteiger partial charge on any atom is 0.285 e. The number of amides is 1. The molecule has 1 saturated heterocycles. The van der Waals surface area contributed by atoms with Crippen LogP contribution in [-0.4, -0.2) is 41.9 Å². The number of nitro groups is 1. The van der Waals surface area contributed by atoms with Gasteiger partial charge in [0.15, 0.2) is 0 Å². The van der Waals surface area contributed by atoms with Gasteiger partial charge in [-0.05, 0) is 26.5 Å². The van der Waals surface area contributed by atoms with Gasteiger partial charge in [0.25, 0.3) is 11.6 Å². The van der Waals surface area contributed by atoms with Crippen LogP contribution in [0.2, 0.25) is 0 Å². The summed E-state index contributed by atoms with van der Waals surface area (Å²) < 4.78 is 0. The normalized spacial score (nSPS) is 17.7. The van der Waals surface area contributed by atoms with Gasteiger partial charge in [0.1, 0.15) is 5.56 Å². The molecule has 1 aromatic rings. The van der Waals surface area contributed by atoms with E-state index < -0.39 is 4.92 Å². The Kier molecular flexibility index (Phi) is 5.47. The zero-order chi connectivity index (χ0) is 14.0. The molecular weight excluding hydrogens is 282 g/mol. The zero-order valence-corrected chi connectivity index (χ0v) is 12.3. The molecule has 2 rings (SSSR count). The first-order valence-corrected chi connectivity index (χ1v) is 6.25. The number of aryl methyl sites for hydroxylation is 1. The smallest absolute Gasteiger partial charge is 0.285 e. The summed E-state index contributed by atoms with van der Waals surface area (Å²) in [7, 11) is 1.85. The van der Waals surface area contributed by atoms with Crippen LogP contribution in [0, 0.1) is 17.0 Å². The quantitative estimate of drug-likeness (QED) is 0.681. The maximum atomic E-state index is 12.4. The number of carbonyl (C=O) groups excluding carboxylic acids is 1. The van der Waals surface area contributed by atoms with Crippen LogP contribution in [0.4, 0.5) is 5.69 Å². The van der Waals surface area contributed by atoms with Crippen molar-refractivity contribution in [3.8, 4) is 0 Å². The van der Waals surface area contributed by atoms with Gasteiger partial charge in [-0.1, -0.05) is 12.1 Å². The van der Waals surface area contributed by atoms with Crippen molar-refractivity contribution >= 4 is 24.0 Å². The Morgan fingerprint density at radius 3 is 2.75 bits per heavy atom. The van der Waals surface area contributed by atoms with E-state index in [1.807, 2.05) is 7.05 Å². The molecule has 1 aromatic carbocycles. The van der Waals surface area contributed by atoms with E-state index in [0.717, 1.165) is 6.42 Å². The van der Waals surface area contributed by atoms with Gasteiger partial charge in [-0.15, -0.1) is 12.4 Å². The molecule has 1 atom stereocenters. The number of likely N-dealkylation sites (tertiary alicyclic amines) is 1. The number of nitrogens with one attached hydrogen (secondary N) is 1. The molecule has 0 aliphatic carbocycles. The predicted octanol–water partition coefficient (Wildman–Crippen LogP) is 1.76. The highest BCUT2D eigenvalue weighted by atomic mass is 35.5. The maximum absolute atomic E-state index is 12.4. The van der Waals surface area contributed by atoms with Crippen LogP contribution < -0.4 is 5.32 Å². The molecule has 1 aliphatic rings. The molecule has 6 nitrogen and oxygen atoms in total. The fourth-order valence-corrected chi connectivity index (χ4v) is 2.42. The van der Waals surface area contributed by atoms with E-state index in [1.165, 1.54) is 6.07 Å². The molecule has 1 aliphatic heterocycles. The number of benzene rings is 1. The summed E-state index contributed by atoms with van der Waals surface area (Å²) in [4.78, 5) is 24.7. The number of halogens is 1. The van der Waals surface area contributed by atoms with Crippen molar-refractivity contribution in [3.63, 3.8) is 0 Å². The fourth-order valence-electron chi connectivity index (χ4n) is 2.42. The van der Waals surface area contributed by atoms with E-state index in [1.54, 1.807) is 24.0 Å². The first kappa shape index (κ1) is 16.4. The summed E-state index contributed by atoms with van der Waals surface area (Å²) in [6.45, 7) is 2.88. The molecule has 110 valence electrons. The van der Waals surface area contributed by atoms with E-state index in [4.69, 9.17) is 0 Å². The van der Waals surface area contributed by atoms with Gasteiger partial charge in [-0.2, -0.15) is 0 Å². The highest BCUT2D eigenvalue weighted by Crippen LogP contribution is 2.25. The Morgan fingerprint density at radius 1 is 1.50 bits per heavy atom. The van der Waals surface area contributed by atoms with Crippen molar-refractivity contribution in [1.29, 1.82) is 0 Å². The SMILES string of the molecule is CNC1CCN(C(=O)c2cccc(C)c2[N+](=O)[O-])C1.Cl. The summed E-state index contributed by atoms with van der Waals surface area (Å²) in [5.41, 5.74) is 0.613. The molecule has 1 unspecified atom stereocenters. The lowest BCUT2D eigenvalue weighted by atomic mass is 10.1. The minimum Gasteiger partial charge on any atom is -0.337 e. The average molecular weight is 300 g/mol. The second-order valence-electron chi connectivity index (χ2n) is 4.75. The van der Waals surface area contributed by atoms with Crippen LogP contribution in [0.3, 0.4) is 0 Å². The third-order valence-electron chi connectivity index (χ3n) is 3.53. The largest absolute Gasteiger partial charge is 0.337 e. The lowest BCUT2D eigenvalue weighted by molar-refractivity contribution is -0.385. The summed E-state index contributed by atoms with van der Waals surface area (Å²) in [5.74, 6) is -0.256. The zero-order valence-electron chi connectivity index (χ0n) is 11.5. The number of likely N-dealkylation sites (N-methyl/N-ethyl adjacent to an activating group) is 1. The number of rotatable bonds is 3. The lowest BCUT2D eigenvalue weighted by Gasteiger charge is -2.16. The first-order chi connectivity index (χ1) is 9.04. The molecule has 20 heavy (non-hydrogen) atoms. The number of hydrogen-bond donors (Lipinski definition) is 1. The molecule has 0 radical (unpaired) electrons. The molecular formula is C13H18ClN3O3. The van der Waals surface area contributed by atoms with Crippen LogP contribution in [0.25, 0.3) is 0 Å². The minimum absolute atomic E-state index is 0. The highest BCUT2D eigenvalue weighted by Gasteiger charge is 2.30. The molecule has 0 aromatic heterocycles.